The molecule has 0 aromatic heterocycles. The van der Waals surface area contributed by atoms with Crippen LogP contribution in [0.2, 0.25) is 0 Å². The average Bonchev–Trinajstić information content (AvgIpc) is 2.81. The van der Waals surface area contributed by atoms with Crippen LogP contribution >= 0.6 is 22.9 Å². The van der Waals surface area contributed by atoms with Crippen molar-refractivity contribution in [1.29, 1.82) is 0 Å². The first-order chi connectivity index (χ1) is 10.0. The first kappa shape index (κ1) is 14.3. The number of nitrogens with one attached hydrogen (secondary N) is 1. The number of imide groups is 1. The molecule has 0 spiro atoms. The first-order valence-corrected chi connectivity index (χ1v) is 7.63. The summed E-state index contributed by atoms with van der Waals surface area (Å²) in [6, 6.07) is 5.01. The number of fused-ring (bicyclic) bond motifs is 1. The molecule has 0 radical (unpaired) electrons. The third kappa shape index (κ3) is 2.29. The van der Waals surface area contributed by atoms with Gasteiger partial charge in [-0.2, -0.15) is 0 Å². The predicted molar refractivity (Wildman–Crippen MR) is 84.8 cm³/mol. The summed E-state index contributed by atoms with van der Waals surface area (Å²) in [5, 5.41) is 3.04. The summed E-state index contributed by atoms with van der Waals surface area (Å²) < 4.78 is 1.10. The van der Waals surface area contributed by atoms with E-state index in [2.05, 4.69) is 5.32 Å². The van der Waals surface area contributed by atoms with Crippen molar-refractivity contribution in [3.8, 4) is 0 Å². The van der Waals surface area contributed by atoms with Crippen LogP contribution in [0.3, 0.4) is 0 Å². The van der Waals surface area contributed by atoms with E-state index in [1.54, 1.807) is 33.8 Å². The number of carbonyl (C=O) groups excluding carboxylic acids is 3. The predicted octanol–water partition coefficient (Wildman–Crippen LogP) is 1.55. The first-order valence-electron chi connectivity index (χ1n) is 6.67. The molecule has 0 saturated carbocycles. The van der Waals surface area contributed by atoms with Gasteiger partial charge in [0.05, 0.1) is 22.9 Å². The molecule has 7 heteroatoms. The number of benzene rings is 1. The third-order valence-corrected chi connectivity index (χ3v) is 4.94. The molecule has 2 heterocycles. The van der Waals surface area contributed by atoms with Crippen molar-refractivity contribution >= 4 is 46.3 Å². The molecule has 2 aliphatic heterocycles. The second kappa shape index (κ2) is 5.28. The fourth-order valence-corrected chi connectivity index (χ4v) is 3.34. The Hall–Kier alpha value is -1.64. The van der Waals surface area contributed by atoms with Crippen molar-refractivity contribution in [2.24, 2.45) is 0 Å². The molecule has 0 aliphatic carbocycles. The van der Waals surface area contributed by atoms with Gasteiger partial charge in [0.2, 0.25) is 5.91 Å². The van der Waals surface area contributed by atoms with Crippen LogP contribution in [0.15, 0.2) is 18.2 Å². The molecule has 3 rings (SSSR count). The molecule has 1 saturated heterocycles. The lowest BCUT2D eigenvalue weighted by molar-refractivity contribution is -0.143. The second-order valence-corrected chi connectivity index (χ2v) is 6.09. The number of rotatable bonds is 2. The van der Waals surface area contributed by atoms with Crippen molar-refractivity contribution in [3.63, 3.8) is 0 Å². The summed E-state index contributed by atoms with van der Waals surface area (Å²) in [5.41, 5.74) is 2.49. The minimum Gasteiger partial charge on any atom is -0.388 e. The fraction of sp³-hybridized carbons (Fsp3) is 0.357. The van der Waals surface area contributed by atoms with Crippen LogP contribution < -0.4 is 5.32 Å². The number of halogens is 1. The van der Waals surface area contributed by atoms with Gasteiger partial charge in [0.1, 0.15) is 6.04 Å². The van der Waals surface area contributed by atoms with E-state index in [1.807, 2.05) is 19.2 Å². The zero-order chi connectivity index (χ0) is 15.1. The maximum Gasteiger partial charge on any atom is 0.260 e. The maximum absolute atomic E-state index is 12.5. The molecule has 1 atom stereocenters. The third-order valence-electron chi connectivity index (χ3n) is 3.93. The SMILES string of the molecule is CNc1ccc2c(c1)CN(C1CCC(=O)N(I)C1=O)C2=O. The molecule has 1 unspecified atom stereocenters. The summed E-state index contributed by atoms with van der Waals surface area (Å²) in [4.78, 5) is 37.8. The van der Waals surface area contributed by atoms with Gasteiger partial charge in [0, 0.05) is 31.3 Å². The van der Waals surface area contributed by atoms with Crippen molar-refractivity contribution in [1.82, 2.24) is 8.01 Å². The van der Waals surface area contributed by atoms with Crippen LogP contribution in [-0.2, 0) is 16.1 Å². The Morgan fingerprint density at radius 3 is 2.76 bits per heavy atom. The van der Waals surface area contributed by atoms with Crippen LogP contribution in [-0.4, -0.2) is 38.8 Å². The van der Waals surface area contributed by atoms with Gasteiger partial charge in [0.25, 0.3) is 11.8 Å². The highest BCUT2D eigenvalue weighted by molar-refractivity contribution is 14.1. The molecule has 110 valence electrons. The van der Waals surface area contributed by atoms with Crippen LogP contribution in [0.1, 0.15) is 28.8 Å². The molecule has 1 N–H and O–H groups in total. The van der Waals surface area contributed by atoms with Crippen molar-refractivity contribution < 1.29 is 14.4 Å². The summed E-state index contributed by atoms with van der Waals surface area (Å²) >= 11 is 1.72. The summed E-state index contributed by atoms with van der Waals surface area (Å²) in [5.74, 6) is -0.634. The normalized spacial score (nSPS) is 21.8. The lowest BCUT2D eigenvalue weighted by Gasteiger charge is -2.32. The van der Waals surface area contributed by atoms with E-state index >= 15 is 0 Å². The van der Waals surface area contributed by atoms with Crippen LogP contribution in [0, 0.1) is 0 Å². The molecule has 1 aromatic carbocycles. The van der Waals surface area contributed by atoms with Crippen LogP contribution in [0.25, 0.3) is 0 Å². The van der Waals surface area contributed by atoms with Gasteiger partial charge in [-0.1, -0.05) is 0 Å². The molecule has 1 fully saturated rings. The minimum absolute atomic E-state index is 0.134. The zero-order valence-corrected chi connectivity index (χ0v) is 13.6. The molecule has 0 bridgehead atoms. The van der Waals surface area contributed by atoms with E-state index in [0.29, 0.717) is 24.9 Å². The number of amides is 3. The van der Waals surface area contributed by atoms with Crippen LogP contribution in [0.5, 0.6) is 0 Å². The van der Waals surface area contributed by atoms with Crippen molar-refractivity contribution in [3.05, 3.63) is 29.3 Å². The molecule has 1 aromatic rings. The van der Waals surface area contributed by atoms with Crippen LogP contribution in [0.4, 0.5) is 5.69 Å². The van der Waals surface area contributed by atoms with E-state index in [1.165, 1.54) is 0 Å². The summed E-state index contributed by atoms with van der Waals surface area (Å²) in [6.07, 6.45) is 0.691. The van der Waals surface area contributed by atoms with Crippen molar-refractivity contribution in [2.75, 3.05) is 12.4 Å². The Morgan fingerprint density at radius 1 is 1.29 bits per heavy atom. The minimum atomic E-state index is -0.544. The summed E-state index contributed by atoms with van der Waals surface area (Å²) in [7, 11) is 1.82. The van der Waals surface area contributed by atoms with Gasteiger partial charge < -0.3 is 10.2 Å². The smallest absolute Gasteiger partial charge is 0.260 e. The lowest BCUT2D eigenvalue weighted by atomic mass is 10.0. The van der Waals surface area contributed by atoms with E-state index in [4.69, 9.17) is 0 Å². The Kier molecular flexibility index (Phi) is 3.60. The average molecular weight is 399 g/mol. The quantitative estimate of drug-likeness (QED) is 0.466. The van der Waals surface area contributed by atoms with Gasteiger partial charge in [-0.15, -0.1) is 0 Å². The largest absolute Gasteiger partial charge is 0.388 e. The number of nitrogens with zero attached hydrogens (tertiary/aromatic N) is 2. The molecule has 3 amide bonds. The maximum atomic E-state index is 12.5. The second-order valence-electron chi connectivity index (χ2n) is 5.12. The van der Waals surface area contributed by atoms with Gasteiger partial charge in [-0.25, -0.2) is 3.11 Å². The molecule has 21 heavy (non-hydrogen) atoms. The Labute approximate surface area is 136 Å². The Morgan fingerprint density at radius 2 is 2.05 bits per heavy atom. The lowest BCUT2D eigenvalue weighted by Crippen LogP contribution is -2.51. The number of hydrogen-bond donors (Lipinski definition) is 1. The van der Waals surface area contributed by atoms with Crippen molar-refractivity contribution in [2.45, 2.75) is 25.4 Å². The standard InChI is InChI=1S/C14H14IN3O3/c1-16-9-2-3-10-8(6-9)7-17(13(10)20)11-4-5-12(19)18(15)14(11)21/h2-3,6,11,16H,4-5,7H2,1H3. The number of anilines is 1. The molecule has 2 aliphatic rings. The van der Waals surface area contributed by atoms with Gasteiger partial charge in [-0.3, -0.25) is 14.4 Å². The van der Waals surface area contributed by atoms with E-state index < -0.39 is 6.04 Å². The number of carbonyl (C=O) groups is 3. The number of piperidine rings is 1. The summed E-state index contributed by atoms with van der Waals surface area (Å²) in [6.45, 7) is 0.415. The highest BCUT2D eigenvalue weighted by atomic mass is 127. The Bertz CT molecular complexity index is 646. The highest BCUT2D eigenvalue weighted by Gasteiger charge is 2.42. The Balaban J connectivity index is 1.87. The zero-order valence-electron chi connectivity index (χ0n) is 11.4. The highest BCUT2D eigenvalue weighted by Crippen LogP contribution is 2.31. The monoisotopic (exact) mass is 399 g/mol. The van der Waals surface area contributed by atoms with E-state index in [0.717, 1.165) is 14.4 Å². The van der Waals surface area contributed by atoms with Gasteiger partial charge in [0.15, 0.2) is 0 Å². The molecule has 6 nitrogen and oxygen atoms in total. The fourth-order valence-electron chi connectivity index (χ4n) is 2.78. The van der Waals surface area contributed by atoms with Gasteiger partial charge >= 0.3 is 0 Å². The van der Waals surface area contributed by atoms with Gasteiger partial charge in [-0.05, 0) is 30.2 Å². The van der Waals surface area contributed by atoms with E-state index in [-0.39, 0.29) is 17.7 Å². The van der Waals surface area contributed by atoms with E-state index in [9.17, 15) is 14.4 Å². The molecular formula is C14H14IN3O3. The molecular weight excluding hydrogens is 385 g/mol. The topological polar surface area (TPSA) is 69.7 Å². The number of hydrogen-bond acceptors (Lipinski definition) is 4.